The number of aromatic nitrogens is 7. The molecule has 0 saturated heterocycles. The summed E-state index contributed by atoms with van der Waals surface area (Å²) < 4.78 is 4.25. The predicted octanol–water partition coefficient (Wildman–Crippen LogP) is 11.1. The van der Waals surface area contributed by atoms with E-state index in [0.29, 0.717) is 5.95 Å². The molecular weight excluding hydrogens is 663 g/mol. The summed E-state index contributed by atoms with van der Waals surface area (Å²) in [5, 5.41) is 10.8. The van der Waals surface area contributed by atoms with E-state index in [2.05, 4.69) is 149 Å². The molecule has 12 rings (SSSR count). The maximum atomic E-state index is 5.54. The van der Waals surface area contributed by atoms with Crippen LogP contribution in [0.15, 0.2) is 164 Å². The number of nitrogens with zero attached hydrogens (tertiary/aromatic N) is 7. The van der Waals surface area contributed by atoms with Crippen LogP contribution < -0.4 is 0 Å². The summed E-state index contributed by atoms with van der Waals surface area (Å²) >= 11 is 0. The highest BCUT2D eigenvalue weighted by Crippen LogP contribution is 2.41. The van der Waals surface area contributed by atoms with Gasteiger partial charge in [-0.3, -0.25) is 9.13 Å². The zero-order valence-corrected chi connectivity index (χ0v) is 28.7. The fourth-order valence-corrected chi connectivity index (χ4v) is 8.46. The first-order chi connectivity index (χ1) is 26.8. The summed E-state index contributed by atoms with van der Waals surface area (Å²) in [5.74, 6) is 1.31. The number of para-hydroxylation sites is 2. The van der Waals surface area contributed by atoms with E-state index in [0.717, 1.165) is 104 Å². The Balaban J connectivity index is 1.25. The summed E-state index contributed by atoms with van der Waals surface area (Å²) in [7, 11) is 0. The van der Waals surface area contributed by atoms with Crippen LogP contribution >= 0.6 is 0 Å². The van der Waals surface area contributed by atoms with Crippen LogP contribution in [0.3, 0.4) is 0 Å². The van der Waals surface area contributed by atoms with Gasteiger partial charge in [-0.2, -0.15) is 0 Å². The van der Waals surface area contributed by atoms with Crippen LogP contribution in [0.4, 0.5) is 0 Å². The third-order valence-electron chi connectivity index (χ3n) is 10.8. The second-order valence-corrected chi connectivity index (χ2v) is 13.7. The van der Waals surface area contributed by atoms with Gasteiger partial charge in [-0.15, -0.1) is 0 Å². The van der Waals surface area contributed by atoms with E-state index in [1.807, 2.05) is 24.5 Å². The molecule has 12 aromatic rings. The van der Waals surface area contributed by atoms with Crippen molar-refractivity contribution in [3.05, 3.63) is 164 Å². The monoisotopic (exact) mass is 689 g/mol. The van der Waals surface area contributed by atoms with E-state index in [1.165, 1.54) is 0 Å². The van der Waals surface area contributed by atoms with Gasteiger partial charge in [0.2, 0.25) is 5.95 Å². The SMILES string of the molecule is c1ccc2c(-c3nc(-n4c5ccccc5c5cccnc54)nc4c3ccc3ccc(-n5c6ccccc6c6cccnc65)nc34)c3ccccc3cc2c1. The molecule has 0 bridgehead atoms. The van der Waals surface area contributed by atoms with Crippen LogP contribution in [0, 0.1) is 0 Å². The zero-order chi connectivity index (χ0) is 35.3. The Morgan fingerprint density at radius 2 is 0.926 bits per heavy atom. The maximum Gasteiger partial charge on any atom is 0.237 e. The lowest BCUT2D eigenvalue weighted by atomic mass is 9.93. The van der Waals surface area contributed by atoms with Gasteiger partial charge < -0.3 is 0 Å². The van der Waals surface area contributed by atoms with Crippen LogP contribution in [0.5, 0.6) is 0 Å². The Bertz CT molecular complexity index is 3360. The van der Waals surface area contributed by atoms with Crippen LogP contribution in [-0.4, -0.2) is 34.1 Å². The van der Waals surface area contributed by atoms with E-state index < -0.39 is 0 Å². The minimum absolute atomic E-state index is 0.539. The van der Waals surface area contributed by atoms with Crippen molar-refractivity contribution in [1.29, 1.82) is 0 Å². The van der Waals surface area contributed by atoms with Crippen LogP contribution in [-0.2, 0) is 0 Å². The van der Waals surface area contributed by atoms with E-state index in [9.17, 15) is 0 Å². The molecule has 0 saturated carbocycles. The number of benzene rings is 6. The van der Waals surface area contributed by atoms with Gasteiger partial charge in [-0.1, -0.05) is 91.0 Å². The summed E-state index contributed by atoms with van der Waals surface area (Å²) in [6, 6.07) is 52.9. The third kappa shape index (κ3) is 4.03. The molecule has 6 aromatic heterocycles. The number of fused-ring (bicyclic) bond motifs is 11. The van der Waals surface area contributed by atoms with E-state index in [1.54, 1.807) is 0 Å². The molecule has 250 valence electrons. The second-order valence-electron chi connectivity index (χ2n) is 13.7. The minimum atomic E-state index is 0.539. The van der Waals surface area contributed by atoms with Crippen molar-refractivity contribution in [3.8, 4) is 23.0 Å². The summed E-state index contributed by atoms with van der Waals surface area (Å²) in [6.07, 6.45) is 3.68. The Morgan fingerprint density at radius 3 is 1.61 bits per heavy atom. The molecule has 0 fully saturated rings. The van der Waals surface area contributed by atoms with Crippen molar-refractivity contribution in [3.63, 3.8) is 0 Å². The molecule has 6 aromatic carbocycles. The van der Waals surface area contributed by atoms with Gasteiger partial charge in [0.25, 0.3) is 0 Å². The fraction of sp³-hybridized carbons (Fsp3) is 0. The quantitative estimate of drug-likeness (QED) is 0.136. The van der Waals surface area contributed by atoms with Crippen molar-refractivity contribution in [1.82, 2.24) is 34.1 Å². The molecule has 54 heavy (non-hydrogen) atoms. The lowest BCUT2D eigenvalue weighted by molar-refractivity contribution is 0.998. The average Bonchev–Trinajstić information content (AvgIpc) is 3.75. The summed E-state index contributed by atoms with van der Waals surface area (Å²) in [6.45, 7) is 0. The lowest BCUT2D eigenvalue weighted by Gasteiger charge is -2.16. The topological polar surface area (TPSA) is 74.3 Å². The molecule has 7 nitrogen and oxygen atoms in total. The lowest BCUT2D eigenvalue weighted by Crippen LogP contribution is -2.05. The molecule has 0 atom stereocenters. The van der Waals surface area contributed by atoms with E-state index in [-0.39, 0.29) is 0 Å². The first-order valence-electron chi connectivity index (χ1n) is 18.0. The Morgan fingerprint density at radius 1 is 0.370 bits per heavy atom. The summed E-state index contributed by atoms with van der Waals surface area (Å²) in [5.41, 5.74) is 7.16. The average molecular weight is 690 g/mol. The van der Waals surface area contributed by atoms with Gasteiger partial charge in [0.05, 0.1) is 22.2 Å². The predicted molar refractivity (Wildman–Crippen MR) is 220 cm³/mol. The fourth-order valence-electron chi connectivity index (χ4n) is 8.46. The standard InChI is InChI=1S/C47H27N7/c1-3-13-31-29(11-1)27-30-12-2-4-14-32(30)41(31)43-37-23-21-28-22-24-40(53-38-19-7-5-15-33(38)35-17-9-25-48-45(35)53)50-42(28)44(37)52-47(51-43)54-39-20-8-6-16-34(39)36-18-10-26-49-46(36)54/h1-27H. The number of hydrogen-bond acceptors (Lipinski definition) is 5. The Kier molecular flexibility index (Phi) is 5.93. The van der Waals surface area contributed by atoms with Crippen LogP contribution in [0.2, 0.25) is 0 Å². The molecule has 0 spiro atoms. The van der Waals surface area contributed by atoms with Crippen LogP contribution in [0.1, 0.15) is 0 Å². The highest BCUT2D eigenvalue weighted by molar-refractivity contribution is 6.18. The van der Waals surface area contributed by atoms with Gasteiger partial charge in [0.1, 0.15) is 22.6 Å². The molecule has 0 aliphatic rings. The smallest absolute Gasteiger partial charge is 0.237 e. The normalized spacial score (nSPS) is 12.1. The molecule has 0 radical (unpaired) electrons. The van der Waals surface area contributed by atoms with Gasteiger partial charge in [-0.05, 0) is 82.2 Å². The highest BCUT2D eigenvalue weighted by atomic mass is 15.2. The van der Waals surface area contributed by atoms with Crippen molar-refractivity contribution in [2.45, 2.75) is 0 Å². The third-order valence-corrected chi connectivity index (χ3v) is 10.8. The van der Waals surface area contributed by atoms with Gasteiger partial charge in [-0.25, -0.2) is 24.9 Å². The van der Waals surface area contributed by atoms with Gasteiger partial charge >= 0.3 is 0 Å². The maximum absolute atomic E-state index is 5.54. The zero-order valence-electron chi connectivity index (χ0n) is 28.7. The van der Waals surface area contributed by atoms with Crippen LogP contribution in [0.25, 0.3) is 110 Å². The van der Waals surface area contributed by atoms with Crippen molar-refractivity contribution < 1.29 is 0 Å². The number of pyridine rings is 3. The Labute approximate surface area is 307 Å². The first-order valence-corrected chi connectivity index (χ1v) is 18.0. The van der Waals surface area contributed by atoms with Crippen molar-refractivity contribution in [2.75, 3.05) is 0 Å². The number of rotatable bonds is 3. The first kappa shape index (κ1) is 29.1. The molecule has 0 unspecified atom stereocenters. The highest BCUT2D eigenvalue weighted by Gasteiger charge is 2.22. The Hall–Kier alpha value is -7.51. The van der Waals surface area contributed by atoms with E-state index >= 15 is 0 Å². The van der Waals surface area contributed by atoms with Gasteiger partial charge in [0.15, 0.2) is 0 Å². The minimum Gasteiger partial charge on any atom is -0.278 e. The molecule has 0 aliphatic carbocycles. The second kappa shape index (κ2) is 11.0. The molecule has 0 N–H and O–H groups in total. The van der Waals surface area contributed by atoms with Crippen molar-refractivity contribution >= 4 is 87.2 Å². The number of hydrogen-bond donors (Lipinski definition) is 0. The van der Waals surface area contributed by atoms with Gasteiger partial charge in [0, 0.05) is 50.3 Å². The molecule has 7 heteroatoms. The molecular formula is C47H27N7. The van der Waals surface area contributed by atoms with Crippen molar-refractivity contribution in [2.24, 2.45) is 0 Å². The molecule has 6 heterocycles. The van der Waals surface area contributed by atoms with E-state index in [4.69, 9.17) is 24.9 Å². The molecule has 0 aliphatic heterocycles. The largest absolute Gasteiger partial charge is 0.278 e. The summed E-state index contributed by atoms with van der Waals surface area (Å²) in [4.78, 5) is 26.2. The molecule has 0 amide bonds.